The van der Waals surface area contributed by atoms with Gasteiger partial charge >= 0.3 is 0 Å². The van der Waals surface area contributed by atoms with Crippen LogP contribution in [0.2, 0.25) is 0 Å². The summed E-state index contributed by atoms with van der Waals surface area (Å²) < 4.78 is 5.27. The summed E-state index contributed by atoms with van der Waals surface area (Å²) in [4.78, 5) is 13.8. The molecule has 0 spiro atoms. The van der Waals surface area contributed by atoms with Gasteiger partial charge in [0.25, 0.3) is 5.91 Å². The fraction of sp³-hybridized carbons (Fsp3) is 0.462. The van der Waals surface area contributed by atoms with Gasteiger partial charge in [-0.05, 0) is 12.5 Å². The first-order chi connectivity index (χ1) is 8.20. The van der Waals surface area contributed by atoms with Crippen LogP contribution < -0.4 is 0 Å². The van der Waals surface area contributed by atoms with Gasteiger partial charge in [0, 0.05) is 6.54 Å². The maximum Gasteiger partial charge on any atom is 0.256 e. The van der Waals surface area contributed by atoms with Crippen molar-refractivity contribution in [3.05, 3.63) is 35.9 Å². The van der Waals surface area contributed by atoms with Crippen molar-refractivity contribution in [1.29, 1.82) is 0 Å². The van der Waals surface area contributed by atoms with E-state index in [0.29, 0.717) is 25.3 Å². The van der Waals surface area contributed by atoms with Crippen molar-refractivity contribution < 1.29 is 14.6 Å². The molecule has 1 aromatic rings. The van der Waals surface area contributed by atoms with Crippen LogP contribution in [0.5, 0.6) is 0 Å². The van der Waals surface area contributed by atoms with E-state index in [1.165, 1.54) is 0 Å². The lowest BCUT2D eigenvalue weighted by Gasteiger charge is -2.34. The smallest absolute Gasteiger partial charge is 0.256 e. The maximum absolute atomic E-state index is 12.1. The van der Waals surface area contributed by atoms with Gasteiger partial charge in [-0.15, -0.1) is 0 Å². The van der Waals surface area contributed by atoms with E-state index in [9.17, 15) is 9.90 Å². The average molecular weight is 235 g/mol. The largest absolute Gasteiger partial charge is 0.378 e. The molecule has 1 amide bonds. The highest BCUT2D eigenvalue weighted by Crippen LogP contribution is 2.18. The minimum Gasteiger partial charge on any atom is -0.378 e. The molecule has 1 heterocycles. The van der Waals surface area contributed by atoms with E-state index in [-0.39, 0.29) is 11.9 Å². The summed E-state index contributed by atoms with van der Waals surface area (Å²) in [6.07, 6.45) is -1.07. The predicted molar refractivity (Wildman–Crippen MR) is 63.4 cm³/mol. The molecule has 0 aromatic heterocycles. The molecule has 1 aromatic carbocycles. The first-order valence-electron chi connectivity index (χ1n) is 5.81. The van der Waals surface area contributed by atoms with Crippen molar-refractivity contribution in [1.82, 2.24) is 4.90 Å². The Morgan fingerprint density at radius 1 is 1.47 bits per heavy atom. The van der Waals surface area contributed by atoms with Crippen molar-refractivity contribution in [2.24, 2.45) is 0 Å². The van der Waals surface area contributed by atoms with Crippen molar-refractivity contribution >= 4 is 5.91 Å². The molecule has 92 valence electrons. The molecule has 1 saturated heterocycles. The Morgan fingerprint density at radius 2 is 2.18 bits per heavy atom. The summed E-state index contributed by atoms with van der Waals surface area (Å²) in [7, 11) is 0. The Morgan fingerprint density at radius 3 is 2.82 bits per heavy atom. The van der Waals surface area contributed by atoms with Crippen LogP contribution in [0.1, 0.15) is 18.6 Å². The summed E-state index contributed by atoms with van der Waals surface area (Å²) in [6, 6.07) is 9.03. The number of morpholine rings is 1. The van der Waals surface area contributed by atoms with Crippen LogP contribution in [0.4, 0.5) is 0 Å². The fourth-order valence-electron chi connectivity index (χ4n) is 1.99. The summed E-state index contributed by atoms with van der Waals surface area (Å²) in [5.41, 5.74) is 0.635. The van der Waals surface area contributed by atoms with Crippen molar-refractivity contribution in [3.8, 4) is 0 Å². The Kier molecular flexibility index (Phi) is 3.76. The second kappa shape index (κ2) is 5.29. The van der Waals surface area contributed by atoms with Gasteiger partial charge < -0.3 is 14.7 Å². The highest BCUT2D eigenvalue weighted by molar-refractivity contribution is 5.82. The Balaban J connectivity index is 2.09. The molecule has 2 atom stereocenters. The lowest BCUT2D eigenvalue weighted by Crippen LogP contribution is -2.48. The van der Waals surface area contributed by atoms with Gasteiger partial charge in [-0.25, -0.2) is 0 Å². The summed E-state index contributed by atoms with van der Waals surface area (Å²) in [5.74, 6) is -0.244. The molecular weight excluding hydrogens is 218 g/mol. The minimum atomic E-state index is -1.07. The van der Waals surface area contributed by atoms with Gasteiger partial charge in [-0.2, -0.15) is 0 Å². The molecule has 17 heavy (non-hydrogen) atoms. The van der Waals surface area contributed by atoms with Gasteiger partial charge in [-0.3, -0.25) is 4.79 Å². The number of hydrogen-bond donors (Lipinski definition) is 1. The van der Waals surface area contributed by atoms with Crippen molar-refractivity contribution in [3.63, 3.8) is 0 Å². The third kappa shape index (κ3) is 2.65. The second-order valence-corrected chi connectivity index (χ2v) is 4.27. The monoisotopic (exact) mass is 235 g/mol. The molecule has 1 fully saturated rings. The minimum absolute atomic E-state index is 0.0228. The molecule has 0 saturated carbocycles. The molecule has 1 aliphatic rings. The average Bonchev–Trinajstić information content (AvgIpc) is 2.39. The number of ether oxygens (including phenoxy) is 1. The van der Waals surface area contributed by atoms with E-state index in [0.717, 1.165) is 0 Å². The van der Waals surface area contributed by atoms with Crippen LogP contribution >= 0.6 is 0 Å². The first-order valence-corrected chi connectivity index (χ1v) is 5.81. The number of rotatable bonds is 2. The molecule has 0 bridgehead atoms. The van der Waals surface area contributed by atoms with Crippen LogP contribution in [0, 0.1) is 0 Å². The number of amides is 1. The zero-order valence-corrected chi connectivity index (χ0v) is 9.87. The van der Waals surface area contributed by atoms with Crippen molar-refractivity contribution in [2.45, 2.75) is 19.1 Å². The summed E-state index contributed by atoms with van der Waals surface area (Å²) >= 11 is 0. The van der Waals surface area contributed by atoms with E-state index < -0.39 is 6.10 Å². The Hall–Kier alpha value is -1.39. The zero-order valence-electron chi connectivity index (χ0n) is 9.87. The second-order valence-electron chi connectivity index (χ2n) is 4.27. The normalized spacial score (nSPS) is 22.2. The summed E-state index contributed by atoms with van der Waals surface area (Å²) in [6.45, 7) is 3.55. The van der Waals surface area contributed by atoms with Crippen LogP contribution in [0.25, 0.3) is 0 Å². The van der Waals surface area contributed by atoms with Gasteiger partial charge in [0.15, 0.2) is 6.10 Å². The third-order valence-corrected chi connectivity index (χ3v) is 3.00. The standard InChI is InChI=1S/C13H17NO3/c1-10-9-17-8-7-14(10)13(16)12(15)11-5-3-2-4-6-11/h2-6,10,12,15H,7-9H2,1H3. The molecular formula is C13H17NO3. The highest BCUT2D eigenvalue weighted by atomic mass is 16.5. The first kappa shape index (κ1) is 12.1. The van der Waals surface area contributed by atoms with Crippen LogP contribution in [-0.4, -0.2) is 41.7 Å². The molecule has 2 unspecified atom stereocenters. The third-order valence-electron chi connectivity index (χ3n) is 3.00. The van der Waals surface area contributed by atoms with E-state index in [1.807, 2.05) is 25.1 Å². The van der Waals surface area contributed by atoms with Crippen molar-refractivity contribution in [2.75, 3.05) is 19.8 Å². The fourth-order valence-corrected chi connectivity index (χ4v) is 1.99. The molecule has 2 rings (SSSR count). The molecule has 0 aliphatic carbocycles. The Labute approximate surface area is 101 Å². The van der Waals surface area contributed by atoms with E-state index >= 15 is 0 Å². The lowest BCUT2D eigenvalue weighted by atomic mass is 10.1. The van der Waals surface area contributed by atoms with Crippen LogP contribution in [-0.2, 0) is 9.53 Å². The SMILES string of the molecule is CC1COCCN1C(=O)C(O)c1ccccc1. The molecule has 1 aliphatic heterocycles. The highest BCUT2D eigenvalue weighted by Gasteiger charge is 2.29. The quantitative estimate of drug-likeness (QED) is 0.831. The van der Waals surface area contributed by atoms with E-state index in [4.69, 9.17) is 4.74 Å². The van der Waals surface area contributed by atoms with E-state index in [1.54, 1.807) is 17.0 Å². The van der Waals surface area contributed by atoms with E-state index in [2.05, 4.69) is 0 Å². The molecule has 4 nitrogen and oxygen atoms in total. The topological polar surface area (TPSA) is 49.8 Å². The number of carbonyl (C=O) groups is 1. The number of nitrogens with zero attached hydrogens (tertiary/aromatic N) is 1. The molecule has 1 N–H and O–H groups in total. The lowest BCUT2D eigenvalue weighted by molar-refractivity contribution is -0.148. The Bertz CT molecular complexity index is 380. The maximum atomic E-state index is 12.1. The summed E-state index contributed by atoms with van der Waals surface area (Å²) in [5, 5.41) is 10.0. The predicted octanol–water partition coefficient (Wildman–Crippen LogP) is 0.967. The van der Waals surface area contributed by atoms with Gasteiger partial charge in [0.05, 0.1) is 19.3 Å². The molecule has 4 heteroatoms. The van der Waals surface area contributed by atoms with Gasteiger partial charge in [0.2, 0.25) is 0 Å². The number of aliphatic hydroxyl groups excluding tert-OH is 1. The number of aliphatic hydroxyl groups is 1. The molecule has 0 radical (unpaired) electrons. The van der Waals surface area contributed by atoms with Gasteiger partial charge in [-0.1, -0.05) is 30.3 Å². The zero-order chi connectivity index (χ0) is 12.3. The van der Waals surface area contributed by atoms with Crippen LogP contribution in [0.3, 0.4) is 0 Å². The number of hydrogen-bond acceptors (Lipinski definition) is 3. The number of carbonyl (C=O) groups excluding carboxylic acids is 1. The van der Waals surface area contributed by atoms with Gasteiger partial charge in [0.1, 0.15) is 0 Å². The number of benzene rings is 1. The van der Waals surface area contributed by atoms with Crippen LogP contribution in [0.15, 0.2) is 30.3 Å².